The minimum Gasteiger partial charge on any atom is -0.387 e. The van der Waals surface area contributed by atoms with Crippen LogP contribution in [0.4, 0.5) is 0 Å². The van der Waals surface area contributed by atoms with Crippen LogP contribution in [-0.2, 0) is 58.2 Å². The number of nitrogens with one attached hydrogen (secondary N) is 1. The highest BCUT2D eigenvalue weighted by molar-refractivity contribution is 7.72. The van der Waals surface area contributed by atoms with Crippen molar-refractivity contribution in [3.05, 3.63) is 23.0 Å². The maximum Gasteiger partial charge on any atom is 0.490 e. The van der Waals surface area contributed by atoms with E-state index in [1.807, 2.05) is 0 Å². The van der Waals surface area contributed by atoms with E-state index in [9.17, 15) is 62.0 Å². The highest BCUT2D eigenvalue weighted by atomic mass is 31.3. The molecule has 7 unspecified atom stereocenters. The number of aromatic amines is 1. The van der Waals surface area contributed by atoms with E-state index in [2.05, 4.69) is 41.0 Å². The molecule has 1 fully saturated rings. The molecule has 1 aliphatic heterocycles. The van der Waals surface area contributed by atoms with Gasteiger partial charge >= 0.3 is 46.9 Å². The summed E-state index contributed by atoms with van der Waals surface area (Å²) in [7, 11) is -37.1. The van der Waals surface area contributed by atoms with Gasteiger partial charge in [-0.3, -0.25) is 13.9 Å². The number of aliphatic hydroxyl groups is 2. The van der Waals surface area contributed by atoms with Crippen LogP contribution in [0.5, 0.6) is 0 Å². The van der Waals surface area contributed by atoms with Crippen LogP contribution in [0.1, 0.15) is 6.23 Å². The van der Waals surface area contributed by atoms with Gasteiger partial charge in [-0.1, -0.05) is 0 Å². The molecule has 10 N–H and O–H groups in total. The quantitative estimate of drug-likeness (QED) is 0.0976. The van der Waals surface area contributed by atoms with Crippen molar-refractivity contribution in [1.29, 1.82) is 0 Å². The third-order valence-electron chi connectivity index (χ3n) is 4.41. The molecule has 1 saturated heterocycles. The summed E-state index contributed by atoms with van der Waals surface area (Å²) in [6, 6.07) is 0. The van der Waals surface area contributed by atoms with Crippen LogP contribution in [0.2, 0.25) is 0 Å². The molecule has 0 aromatic carbocycles. The number of hydrogen-bond acceptors (Lipinski definition) is 18. The molecule has 0 spiro atoms. The molecule has 0 bridgehead atoms. The molecule has 43 heavy (non-hydrogen) atoms. The third kappa shape index (κ3) is 10.3. The number of H-pyrrole nitrogens is 1. The second-order valence-electron chi connectivity index (χ2n) is 7.64. The Morgan fingerprint density at radius 3 is 1.77 bits per heavy atom. The van der Waals surface area contributed by atoms with Gasteiger partial charge in [-0.15, -0.1) is 0 Å². The SMILES string of the molecule is O=c1[nH]cnc2c1ncn2[C@@H]1O[C@H](COP(=O)(O)OP(=O)(O)OP(=O)(O)OP(=O)(O)OP(=O)(O)OP(=O)(O)O)C(O)C1O. The van der Waals surface area contributed by atoms with Crippen molar-refractivity contribution in [1.82, 2.24) is 19.5 Å². The van der Waals surface area contributed by atoms with Gasteiger partial charge in [-0.05, 0) is 0 Å². The van der Waals surface area contributed by atoms with E-state index >= 15 is 0 Å². The summed E-state index contributed by atoms with van der Waals surface area (Å²) in [6.07, 6.45) is -4.89. The Labute approximate surface area is 234 Å². The number of phosphoric ester groups is 1. The van der Waals surface area contributed by atoms with Crippen molar-refractivity contribution in [2.24, 2.45) is 0 Å². The normalized spacial score (nSPS) is 28.4. The number of nitrogens with zero attached hydrogens (tertiary/aromatic N) is 3. The lowest BCUT2D eigenvalue weighted by Crippen LogP contribution is -2.33. The zero-order valence-corrected chi connectivity index (χ0v) is 25.3. The van der Waals surface area contributed by atoms with Crippen molar-refractivity contribution in [3.8, 4) is 0 Å². The largest absolute Gasteiger partial charge is 0.490 e. The lowest BCUT2D eigenvalue weighted by molar-refractivity contribution is -0.0503. The Morgan fingerprint density at radius 2 is 1.26 bits per heavy atom. The minimum absolute atomic E-state index is 0.110. The number of phosphoric acid groups is 6. The van der Waals surface area contributed by atoms with Crippen molar-refractivity contribution in [3.63, 3.8) is 0 Å². The van der Waals surface area contributed by atoms with Crippen molar-refractivity contribution >= 4 is 58.1 Å². The summed E-state index contributed by atoms with van der Waals surface area (Å²) >= 11 is 0. The Bertz CT molecular complexity index is 1700. The number of rotatable bonds is 14. The Morgan fingerprint density at radius 1 is 0.767 bits per heavy atom. The zero-order valence-electron chi connectivity index (χ0n) is 19.9. The Balaban J connectivity index is 1.62. The Hall–Kier alpha value is -0.910. The van der Waals surface area contributed by atoms with Gasteiger partial charge in [0, 0.05) is 0 Å². The first kappa shape index (κ1) is 36.6. The summed E-state index contributed by atoms with van der Waals surface area (Å²) in [5, 5.41) is 20.6. The fourth-order valence-corrected chi connectivity index (χ4v) is 10.4. The summed E-state index contributed by atoms with van der Waals surface area (Å²) in [5.74, 6) is 0. The molecule has 0 amide bonds. The summed E-state index contributed by atoms with van der Waals surface area (Å²) in [6.45, 7) is -1.21. The smallest absolute Gasteiger partial charge is 0.387 e. The molecule has 1 aliphatic rings. The van der Waals surface area contributed by atoms with Gasteiger partial charge in [0.1, 0.15) is 18.3 Å². The molecular formula is C10H18N4O23P6. The van der Waals surface area contributed by atoms with E-state index in [0.29, 0.717) is 0 Å². The average molecular weight is 748 g/mol. The van der Waals surface area contributed by atoms with Gasteiger partial charge in [0.25, 0.3) is 5.56 Å². The standard InChI is InChI=1S/C10H18N4O23P6/c15-6-4(32-10(7(6)16)14-3-13-5-8(14)11-2-12-9(5)17)1-31-39(21,22)34-41(25,26)36-43(29,30)37-42(27,28)35-40(23,24)33-38(18,19)20/h2-4,6-7,10,15-16H,1H2,(H,21,22)(H,23,24)(H,25,26)(H,27,28)(H,29,30)(H,11,12,17)(H2,18,19,20)/t4-,6?,7?,10-/m1/s1. The molecule has 27 nitrogen and oxygen atoms in total. The lowest BCUT2D eigenvalue weighted by atomic mass is 10.1. The van der Waals surface area contributed by atoms with Gasteiger partial charge in [0.15, 0.2) is 17.4 Å². The maximum absolute atomic E-state index is 12.1. The van der Waals surface area contributed by atoms with Gasteiger partial charge in [-0.25, -0.2) is 37.4 Å². The van der Waals surface area contributed by atoms with E-state index in [4.69, 9.17) is 19.4 Å². The first-order valence-corrected chi connectivity index (χ1v) is 19.1. The van der Waals surface area contributed by atoms with Gasteiger partial charge in [-0.2, -0.15) is 21.6 Å². The van der Waals surface area contributed by atoms with Crippen molar-refractivity contribution < 1.29 is 103 Å². The number of fused-ring (bicyclic) bond motifs is 1. The monoisotopic (exact) mass is 748 g/mol. The van der Waals surface area contributed by atoms with E-state index in [-0.39, 0.29) is 11.2 Å². The lowest BCUT2D eigenvalue weighted by Gasteiger charge is -2.21. The number of aliphatic hydroxyl groups excluding tert-OH is 2. The molecule has 9 atom stereocenters. The van der Waals surface area contributed by atoms with Crippen LogP contribution in [0, 0.1) is 0 Å². The van der Waals surface area contributed by atoms with Crippen LogP contribution in [-0.4, -0.2) is 88.9 Å². The van der Waals surface area contributed by atoms with Gasteiger partial charge in [0.05, 0.1) is 19.3 Å². The Kier molecular flexibility index (Phi) is 10.8. The fraction of sp³-hybridized carbons (Fsp3) is 0.500. The molecular weight excluding hydrogens is 730 g/mol. The van der Waals surface area contributed by atoms with Crippen LogP contribution >= 0.6 is 46.9 Å². The summed E-state index contributed by atoms with van der Waals surface area (Å²) in [4.78, 5) is 85.3. The van der Waals surface area contributed by atoms with Crippen molar-refractivity contribution in [2.45, 2.75) is 24.5 Å². The second-order valence-corrected chi connectivity index (χ2v) is 16.8. The zero-order chi connectivity index (χ0) is 32.8. The maximum atomic E-state index is 12.1. The van der Waals surface area contributed by atoms with Crippen LogP contribution in [0.15, 0.2) is 17.4 Å². The predicted octanol–water partition coefficient (Wildman–Crippen LogP) is -1.57. The molecule has 3 heterocycles. The molecule has 3 rings (SSSR count). The number of hydrogen-bond donors (Lipinski definition) is 10. The number of ether oxygens (including phenoxy) is 1. The summed E-state index contributed by atoms with van der Waals surface area (Å²) in [5.41, 5.74) is -0.964. The molecule has 246 valence electrons. The van der Waals surface area contributed by atoms with Crippen LogP contribution < -0.4 is 5.56 Å². The molecule has 0 aliphatic carbocycles. The van der Waals surface area contributed by atoms with Crippen molar-refractivity contribution in [2.75, 3.05) is 6.61 Å². The highest BCUT2D eigenvalue weighted by Crippen LogP contribution is 2.75. The first-order valence-electron chi connectivity index (χ1n) is 10.1. The number of imidazole rings is 1. The minimum atomic E-state index is -6.46. The van der Waals surface area contributed by atoms with Crippen LogP contribution in [0.25, 0.3) is 11.2 Å². The second kappa shape index (κ2) is 12.7. The third-order valence-corrected chi connectivity index (χ3v) is 13.2. The fourth-order valence-electron chi connectivity index (χ4n) is 3.05. The van der Waals surface area contributed by atoms with E-state index in [0.717, 1.165) is 17.2 Å². The van der Waals surface area contributed by atoms with Gasteiger partial charge in [0.2, 0.25) is 0 Å². The molecule has 33 heteroatoms. The first-order chi connectivity index (χ1) is 19.3. The van der Waals surface area contributed by atoms with Crippen LogP contribution in [0.3, 0.4) is 0 Å². The highest BCUT2D eigenvalue weighted by Gasteiger charge is 2.50. The molecule has 2 aromatic rings. The number of aromatic nitrogens is 4. The van der Waals surface area contributed by atoms with E-state index in [1.54, 1.807) is 0 Å². The summed E-state index contributed by atoms with van der Waals surface area (Å²) < 4.78 is 97.0. The van der Waals surface area contributed by atoms with E-state index in [1.165, 1.54) is 0 Å². The molecule has 0 radical (unpaired) electrons. The molecule has 0 saturated carbocycles. The topological polar surface area (TPSA) is 413 Å². The molecule has 2 aromatic heterocycles. The average Bonchev–Trinajstić information content (AvgIpc) is 3.29. The van der Waals surface area contributed by atoms with E-state index < -0.39 is 83.6 Å². The van der Waals surface area contributed by atoms with Gasteiger partial charge < -0.3 is 54.2 Å². The predicted molar refractivity (Wildman–Crippen MR) is 127 cm³/mol.